The molecule has 26 heavy (non-hydrogen) atoms. The molecule has 2 aromatic rings. The number of amides is 2. The predicted octanol–water partition coefficient (Wildman–Crippen LogP) is 2.25. The van der Waals surface area contributed by atoms with Gasteiger partial charge in [0.25, 0.3) is 0 Å². The summed E-state index contributed by atoms with van der Waals surface area (Å²) in [6.07, 6.45) is 0. The van der Waals surface area contributed by atoms with Crippen LogP contribution in [0.25, 0.3) is 0 Å². The standard InChI is InChI=1S/C20H24FN3O2/c1-3-24(13-15-8-7-11-17(21)12-15)14-18(25)23-19(20(26)22-2)16-9-5-4-6-10-16/h4-12,19H,3,13-14H2,1-2H3,(H,22,26)(H,23,25). The second-order valence-electron chi connectivity index (χ2n) is 5.96. The molecule has 0 saturated heterocycles. The molecule has 0 radical (unpaired) electrons. The van der Waals surface area contributed by atoms with Crippen LogP contribution in [0.3, 0.4) is 0 Å². The van der Waals surface area contributed by atoms with Crippen molar-refractivity contribution in [2.75, 3.05) is 20.1 Å². The van der Waals surface area contributed by atoms with Gasteiger partial charge >= 0.3 is 0 Å². The van der Waals surface area contributed by atoms with Crippen LogP contribution in [0.2, 0.25) is 0 Å². The molecule has 6 heteroatoms. The summed E-state index contributed by atoms with van der Waals surface area (Å²) in [5.41, 5.74) is 1.51. The molecule has 2 rings (SSSR count). The molecule has 5 nitrogen and oxygen atoms in total. The van der Waals surface area contributed by atoms with E-state index < -0.39 is 6.04 Å². The topological polar surface area (TPSA) is 61.4 Å². The maximum atomic E-state index is 13.3. The Labute approximate surface area is 153 Å². The molecule has 0 aliphatic heterocycles. The van der Waals surface area contributed by atoms with E-state index in [0.717, 1.165) is 5.56 Å². The monoisotopic (exact) mass is 357 g/mol. The molecule has 1 unspecified atom stereocenters. The number of rotatable bonds is 8. The average Bonchev–Trinajstić information content (AvgIpc) is 2.65. The molecule has 2 amide bonds. The highest BCUT2D eigenvalue weighted by Gasteiger charge is 2.22. The Bertz CT molecular complexity index is 737. The fourth-order valence-electron chi connectivity index (χ4n) is 2.67. The van der Waals surface area contributed by atoms with Crippen molar-refractivity contribution in [3.63, 3.8) is 0 Å². The minimum Gasteiger partial charge on any atom is -0.357 e. The number of hydrogen-bond acceptors (Lipinski definition) is 3. The van der Waals surface area contributed by atoms with E-state index in [4.69, 9.17) is 0 Å². The minimum absolute atomic E-state index is 0.118. The molecule has 2 N–H and O–H groups in total. The molecule has 0 fully saturated rings. The summed E-state index contributed by atoms with van der Waals surface area (Å²) in [6, 6.07) is 14.6. The van der Waals surface area contributed by atoms with Gasteiger partial charge in [-0.2, -0.15) is 0 Å². The van der Waals surface area contributed by atoms with E-state index in [9.17, 15) is 14.0 Å². The van der Waals surface area contributed by atoms with Crippen LogP contribution in [0.5, 0.6) is 0 Å². The summed E-state index contributed by atoms with van der Waals surface area (Å²) < 4.78 is 13.3. The zero-order chi connectivity index (χ0) is 18.9. The lowest BCUT2D eigenvalue weighted by Crippen LogP contribution is -2.43. The highest BCUT2D eigenvalue weighted by atomic mass is 19.1. The van der Waals surface area contributed by atoms with Crippen molar-refractivity contribution in [2.24, 2.45) is 0 Å². The van der Waals surface area contributed by atoms with E-state index in [1.807, 2.05) is 36.1 Å². The van der Waals surface area contributed by atoms with Gasteiger partial charge in [0.1, 0.15) is 11.9 Å². The van der Waals surface area contributed by atoms with E-state index in [2.05, 4.69) is 10.6 Å². The molecule has 0 spiro atoms. The number of nitrogens with zero attached hydrogens (tertiary/aromatic N) is 1. The first-order valence-electron chi connectivity index (χ1n) is 8.56. The van der Waals surface area contributed by atoms with Crippen molar-refractivity contribution >= 4 is 11.8 Å². The number of halogens is 1. The van der Waals surface area contributed by atoms with Gasteiger partial charge in [0.2, 0.25) is 11.8 Å². The normalized spacial score (nSPS) is 11.8. The number of nitrogens with one attached hydrogen (secondary N) is 2. The molecular formula is C20H24FN3O2. The van der Waals surface area contributed by atoms with Crippen LogP contribution in [0, 0.1) is 5.82 Å². The molecule has 0 aliphatic carbocycles. The second-order valence-corrected chi connectivity index (χ2v) is 5.96. The van der Waals surface area contributed by atoms with Gasteiger partial charge in [-0.05, 0) is 29.8 Å². The van der Waals surface area contributed by atoms with E-state index in [-0.39, 0.29) is 24.2 Å². The quantitative estimate of drug-likeness (QED) is 0.762. The molecule has 1 atom stereocenters. The average molecular weight is 357 g/mol. The van der Waals surface area contributed by atoms with Crippen LogP contribution in [0.1, 0.15) is 24.1 Å². The minimum atomic E-state index is -0.749. The molecule has 0 aliphatic rings. The fourth-order valence-corrected chi connectivity index (χ4v) is 2.67. The predicted molar refractivity (Wildman–Crippen MR) is 98.7 cm³/mol. The van der Waals surface area contributed by atoms with Gasteiger partial charge in [-0.15, -0.1) is 0 Å². The summed E-state index contributed by atoms with van der Waals surface area (Å²) in [7, 11) is 1.53. The zero-order valence-corrected chi connectivity index (χ0v) is 15.0. The number of likely N-dealkylation sites (N-methyl/N-ethyl adjacent to an activating group) is 2. The lowest BCUT2D eigenvalue weighted by Gasteiger charge is -2.23. The molecule has 0 saturated carbocycles. The first-order chi connectivity index (χ1) is 12.5. The van der Waals surface area contributed by atoms with Crippen molar-refractivity contribution < 1.29 is 14.0 Å². The Morgan fingerprint density at radius 1 is 1.12 bits per heavy atom. The van der Waals surface area contributed by atoms with Crippen LogP contribution in [0.4, 0.5) is 4.39 Å². The van der Waals surface area contributed by atoms with Gasteiger partial charge in [-0.3, -0.25) is 14.5 Å². The number of carbonyl (C=O) groups is 2. The summed E-state index contributed by atoms with van der Waals surface area (Å²) in [4.78, 5) is 26.5. The highest BCUT2D eigenvalue weighted by molar-refractivity contribution is 5.89. The summed E-state index contributed by atoms with van der Waals surface area (Å²) in [5.74, 6) is -0.842. The number of carbonyl (C=O) groups excluding carboxylic acids is 2. The summed E-state index contributed by atoms with van der Waals surface area (Å²) >= 11 is 0. The number of benzene rings is 2. The van der Waals surface area contributed by atoms with Crippen molar-refractivity contribution in [3.05, 3.63) is 71.5 Å². The lowest BCUT2D eigenvalue weighted by molar-refractivity contribution is -0.129. The van der Waals surface area contributed by atoms with Crippen molar-refractivity contribution in [2.45, 2.75) is 19.5 Å². The van der Waals surface area contributed by atoms with Crippen LogP contribution in [-0.2, 0) is 16.1 Å². The van der Waals surface area contributed by atoms with Crippen LogP contribution >= 0.6 is 0 Å². The highest BCUT2D eigenvalue weighted by Crippen LogP contribution is 2.13. The maximum absolute atomic E-state index is 13.3. The van der Waals surface area contributed by atoms with Gasteiger partial charge in [-0.1, -0.05) is 49.4 Å². The van der Waals surface area contributed by atoms with Crippen LogP contribution in [-0.4, -0.2) is 36.9 Å². The third kappa shape index (κ3) is 5.67. The Hall–Kier alpha value is -2.73. The van der Waals surface area contributed by atoms with Crippen molar-refractivity contribution in [1.29, 1.82) is 0 Å². The van der Waals surface area contributed by atoms with E-state index in [0.29, 0.717) is 18.7 Å². The Balaban J connectivity index is 2.02. The molecule has 0 aromatic heterocycles. The first kappa shape index (κ1) is 19.6. The third-order valence-corrected chi connectivity index (χ3v) is 4.06. The second kappa shape index (κ2) is 9.68. The number of hydrogen-bond donors (Lipinski definition) is 2. The first-order valence-corrected chi connectivity index (χ1v) is 8.56. The van der Waals surface area contributed by atoms with E-state index >= 15 is 0 Å². The SMILES string of the molecule is CCN(CC(=O)NC(C(=O)NC)c1ccccc1)Cc1cccc(F)c1. The van der Waals surface area contributed by atoms with Gasteiger partial charge in [0, 0.05) is 13.6 Å². The van der Waals surface area contributed by atoms with Gasteiger partial charge in [-0.25, -0.2) is 4.39 Å². The summed E-state index contributed by atoms with van der Waals surface area (Å²) in [5, 5.41) is 5.35. The summed E-state index contributed by atoms with van der Waals surface area (Å²) in [6.45, 7) is 3.13. The molecule has 138 valence electrons. The van der Waals surface area contributed by atoms with Crippen molar-refractivity contribution in [1.82, 2.24) is 15.5 Å². The van der Waals surface area contributed by atoms with Gasteiger partial charge in [0.15, 0.2) is 0 Å². The molecule has 0 heterocycles. The van der Waals surface area contributed by atoms with Crippen molar-refractivity contribution in [3.8, 4) is 0 Å². The van der Waals surface area contributed by atoms with Crippen LogP contribution in [0.15, 0.2) is 54.6 Å². The largest absolute Gasteiger partial charge is 0.357 e. The fraction of sp³-hybridized carbons (Fsp3) is 0.300. The van der Waals surface area contributed by atoms with Gasteiger partial charge in [0.05, 0.1) is 6.54 Å². The smallest absolute Gasteiger partial charge is 0.246 e. The lowest BCUT2D eigenvalue weighted by atomic mass is 10.1. The zero-order valence-electron chi connectivity index (χ0n) is 15.0. The third-order valence-electron chi connectivity index (χ3n) is 4.06. The molecule has 2 aromatic carbocycles. The maximum Gasteiger partial charge on any atom is 0.246 e. The van der Waals surface area contributed by atoms with Gasteiger partial charge < -0.3 is 10.6 Å². The van der Waals surface area contributed by atoms with E-state index in [1.54, 1.807) is 18.2 Å². The Kier molecular flexibility index (Phi) is 7.29. The molecular weight excluding hydrogens is 333 g/mol. The Morgan fingerprint density at radius 3 is 2.46 bits per heavy atom. The van der Waals surface area contributed by atoms with E-state index in [1.165, 1.54) is 19.2 Å². The van der Waals surface area contributed by atoms with Crippen LogP contribution < -0.4 is 10.6 Å². The molecule has 0 bridgehead atoms. The Morgan fingerprint density at radius 2 is 1.85 bits per heavy atom.